The first-order chi connectivity index (χ1) is 14.1. The van der Waals surface area contributed by atoms with Crippen molar-refractivity contribution in [2.45, 2.75) is 13.8 Å². The molecule has 144 valence electrons. The number of hydrazone groups is 1. The summed E-state index contributed by atoms with van der Waals surface area (Å²) < 4.78 is 5.24. The van der Waals surface area contributed by atoms with E-state index >= 15 is 0 Å². The molecule has 0 aliphatic heterocycles. The number of para-hydroxylation sites is 1. The third kappa shape index (κ3) is 3.81. The highest BCUT2D eigenvalue weighted by Crippen LogP contribution is 2.23. The minimum atomic E-state index is -0.428. The fourth-order valence-corrected chi connectivity index (χ4v) is 2.81. The number of rotatable bonds is 5. The Morgan fingerprint density at radius 2 is 1.76 bits per heavy atom. The van der Waals surface area contributed by atoms with Crippen LogP contribution >= 0.6 is 0 Å². The van der Waals surface area contributed by atoms with Crippen LogP contribution in [0.5, 0.6) is 0 Å². The third-order valence-electron chi connectivity index (χ3n) is 4.33. The SMILES string of the molecule is C/C(=N\NC(=O)c1c(-c2cnn(-c3ccccc3)n2)noc1C)c1ccccc1. The molecule has 0 saturated heterocycles. The molecule has 0 atom stereocenters. The zero-order valence-corrected chi connectivity index (χ0v) is 15.9. The molecule has 0 fully saturated rings. The van der Waals surface area contributed by atoms with Gasteiger partial charge in [0.2, 0.25) is 0 Å². The molecule has 8 heteroatoms. The molecule has 0 spiro atoms. The Morgan fingerprint density at radius 1 is 1.07 bits per heavy atom. The molecule has 0 aliphatic rings. The number of aryl methyl sites for hydroxylation is 1. The number of nitrogens with one attached hydrogen (secondary N) is 1. The average Bonchev–Trinajstić information content (AvgIpc) is 3.40. The third-order valence-corrected chi connectivity index (χ3v) is 4.33. The Bertz CT molecular complexity index is 1160. The maximum absolute atomic E-state index is 12.8. The molecular weight excluding hydrogens is 368 g/mol. The second kappa shape index (κ2) is 7.89. The maximum Gasteiger partial charge on any atom is 0.277 e. The van der Waals surface area contributed by atoms with Gasteiger partial charge in [0.25, 0.3) is 5.91 Å². The van der Waals surface area contributed by atoms with E-state index in [1.54, 1.807) is 13.1 Å². The fraction of sp³-hybridized carbons (Fsp3) is 0.0952. The Labute approximate surface area is 166 Å². The van der Waals surface area contributed by atoms with Crippen LogP contribution in [0.1, 0.15) is 28.6 Å². The van der Waals surface area contributed by atoms with Gasteiger partial charge in [0.1, 0.15) is 22.7 Å². The van der Waals surface area contributed by atoms with Crippen LogP contribution in [-0.4, -0.2) is 31.8 Å². The smallest absolute Gasteiger partial charge is 0.277 e. The van der Waals surface area contributed by atoms with E-state index in [1.165, 1.54) is 4.80 Å². The number of benzene rings is 2. The van der Waals surface area contributed by atoms with E-state index in [0.29, 0.717) is 22.9 Å². The lowest BCUT2D eigenvalue weighted by molar-refractivity contribution is 0.0954. The van der Waals surface area contributed by atoms with E-state index in [9.17, 15) is 4.79 Å². The molecule has 0 bridgehead atoms. The predicted molar refractivity (Wildman–Crippen MR) is 108 cm³/mol. The van der Waals surface area contributed by atoms with Crippen molar-refractivity contribution in [1.29, 1.82) is 0 Å². The van der Waals surface area contributed by atoms with Crippen molar-refractivity contribution in [3.05, 3.63) is 83.7 Å². The largest absolute Gasteiger partial charge is 0.360 e. The summed E-state index contributed by atoms with van der Waals surface area (Å²) in [6, 6.07) is 19.0. The summed E-state index contributed by atoms with van der Waals surface area (Å²) in [6.07, 6.45) is 1.54. The van der Waals surface area contributed by atoms with Crippen molar-refractivity contribution in [3.63, 3.8) is 0 Å². The highest BCUT2D eigenvalue weighted by Gasteiger charge is 2.23. The summed E-state index contributed by atoms with van der Waals surface area (Å²) in [5, 5.41) is 16.9. The van der Waals surface area contributed by atoms with Crippen molar-refractivity contribution in [2.24, 2.45) is 5.10 Å². The molecule has 2 heterocycles. The monoisotopic (exact) mass is 386 g/mol. The van der Waals surface area contributed by atoms with E-state index < -0.39 is 5.91 Å². The molecule has 2 aromatic carbocycles. The van der Waals surface area contributed by atoms with Crippen molar-refractivity contribution < 1.29 is 9.32 Å². The van der Waals surface area contributed by atoms with E-state index in [1.807, 2.05) is 67.6 Å². The fourth-order valence-electron chi connectivity index (χ4n) is 2.81. The number of hydrogen-bond acceptors (Lipinski definition) is 6. The number of aromatic nitrogens is 4. The Hall–Kier alpha value is -4.07. The zero-order valence-electron chi connectivity index (χ0n) is 15.9. The van der Waals surface area contributed by atoms with Gasteiger partial charge in [-0.3, -0.25) is 4.79 Å². The molecule has 4 rings (SSSR count). The summed E-state index contributed by atoms with van der Waals surface area (Å²) in [5.41, 5.74) is 5.99. The number of nitrogens with zero attached hydrogens (tertiary/aromatic N) is 5. The Balaban J connectivity index is 1.59. The van der Waals surface area contributed by atoms with Gasteiger partial charge in [-0.25, -0.2) is 5.43 Å². The zero-order chi connectivity index (χ0) is 20.2. The van der Waals surface area contributed by atoms with Gasteiger partial charge in [0.05, 0.1) is 17.6 Å². The highest BCUT2D eigenvalue weighted by molar-refractivity contribution is 6.03. The van der Waals surface area contributed by atoms with Crippen LogP contribution in [0.25, 0.3) is 17.1 Å². The van der Waals surface area contributed by atoms with Gasteiger partial charge in [0, 0.05) is 0 Å². The topological polar surface area (TPSA) is 98.2 Å². The van der Waals surface area contributed by atoms with Gasteiger partial charge in [-0.05, 0) is 31.5 Å². The van der Waals surface area contributed by atoms with Crippen molar-refractivity contribution in [2.75, 3.05) is 0 Å². The molecule has 2 aromatic heterocycles. The first-order valence-electron chi connectivity index (χ1n) is 8.98. The number of carbonyl (C=O) groups is 1. The maximum atomic E-state index is 12.8. The van der Waals surface area contributed by atoms with Crippen LogP contribution in [0.2, 0.25) is 0 Å². The summed E-state index contributed by atoms with van der Waals surface area (Å²) in [7, 11) is 0. The molecule has 0 unspecified atom stereocenters. The van der Waals surface area contributed by atoms with Gasteiger partial charge >= 0.3 is 0 Å². The first-order valence-corrected chi connectivity index (χ1v) is 8.98. The Kier molecular flexibility index (Phi) is 4.98. The molecular formula is C21H18N6O2. The van der Waals surface area contributed by atoms with Crippen molar-refractivity contribution in [1.82, 2.24) is 25.6 Å². The summed E-state index contributed by atoms with van der Waals surface area (Å²) in [5.74, 6) is -0.0531. The lowest BCUT2D eigenvalue weighted by atomic mass is 10.1. The first kappa shape index (κ1) is 18.3. The normalized spacial score (nSPS) is 11.4. The van der Waals surface area contributed by atoms with Crippen LogP contribution in [0.3, 0.4) is 0 Å². The van der Waals surface area contributed by atoms with E-state index in [4.69, 9.17) is 4.52 Å². The van der Waals surface area contributed by atoms with E-state index in [-0.39, 0.29) is 5.56 Å². The van der Waals surface area contributed by atoms with Crippen LogP contribution < -0.4 is 5.43 Å². The number of carbonyl (C=O) groups excluding carboxylic acids is 1. The second-order valence-electron chi connectivity index (χ2n) is 6.32. The minimum Gasteiger partial charge on any atom is -0.360 e. The second-order valence-corrected chi connectivity index (χ2v) is 6.32. The van der Waals surface area contributed by atoms with E-state index in [0.717, 1.165) is 11.3 Å². The summed E-state index contributed by atoms with van der Waals surface area (Å²) >= 11 is 0. The summed E-state index contributed by atoms with van der Waals surface area (Å²) in [6.45, 7) is 3.49. The standard InChI is InChI=1S/C21H18N6O2/c1-14(16-9-5-3-6-10-16)23-24-21(28)19-15(2)29-26-20(19)18-13-22-27(25-18)17-11-7-4-8-12-17/h3-13H,1-2H3,(H,24,28)/b23-14+. The molecule has 1 N–H and O–H groups in total. The highest BCUT2D eigenvalue weighted by atomic mass is 16.5. The molecule has 4 aromatic rings. The number of hydrogen-bond donors (Lipinski definition) is 1. The van der Waals surface area contributed by atoms with Crippen LogP contribution in [-0.2, 0) is 0 Å². The predicted octanol–water partition coefficient (Wildman–Crippen LogP) is 3.38. The number of amides is 1. The van der Waals surface area contributed by atoms with Gasteiger partial charge in [-0.1, -0.05) is 53.7 Å². The molecule has 1 amide bonds. The van der Waals surface area contributed by atoms with Crippen molar-refractivity contribution >= 4 is 11.6 Å². The quantitative estimate of drug-likeness (QED) is 0.419. The molecule has 0 saturated carbocycles. The molecule has 0 radical (unpaired) electrons. The molecule has 29 heavy (non-hydrogen) atoms. The van der Waals surface area contributed by atoms with Gasteiger partial charge in [-0.15, -0.1) is 5.10 Å². The van der Waals surface area contributed by atoms with Gasteiger partial charge in [0.15, 0.2) is 0 Å². The minimum absolute atomic E-state index is 0.273. The molecule has 0 aliphatic carbocycles. The lowest BCUT2D eigenvalue weighted by Gasteiger charge is -2.03. The van der Waals surface area contributed by atoms with Gasteiger partial charge in [-0.2, -0.15) is 15.0 Å². The van der Waals surface area contributed by atoms with Crippen LogP contribution in [0, 0.1) is 6.92 Å². The molecule has 8 nitrogen and oxygen atoms in total. The average molecular weight is 386 g/mol. The lowest BCUT2D eigenvalue weighted by Crippen LogP contribution is -2.20. The van der Waals surface area contributed by atoms with Crippen molar-refractivity contribution in [3.8, 4) is 17.1 Å². The van der Waals surface area contributed by atoms with Crippen LogP contribution in [0.4, 0.5) is 0 Å². The van der Waals surface area contributed by atoms with E-state index in [2.05, 4.69) is 25.9 Å². The Morgan fingerprint density at radius 3 is 2.48 bits per heavy atom. The van der Waals surface area contributed by atoms with Gasteiger partial charge < -0.3 is 4.52 Å². The van der Waals surface area contributed by atoms with Crippen LogP contribution in [0.15, 0.2) is 76.5 Å². The summed E-state index contributed by atoms with van der Waals surface area (Å²) in [4.78, 5) is 14.2.